The van der Waals surface area contributed by atoms with Crippen LogP contribution in [0.4, 0.5) is 0 Å². The molecule has 0 radical (unpaired) electrons. The summed E-state index contributed by atoms with van der Waals surface area (Å²) >= 11 is 0. The molecule has 1 aromatic carbocycles. The quantitative estimate of drug-likeness (QED) is 0.595. The molecule has 1 aromatic heterocycles. The van der Waals surface area contributed by atoms with Gasteiger partial charge in [-0.05, 0) is 45.4 Å². The monoisotopic (exact) mass is 287 g/mol. The van der Waals surface area contributed by atoms with Crippen molar-refractivity contribution in [3.05, 3.63) is 35.0 Å². The van der Waals surface area contributed by atoms with Crippen LogP contribution in [0.3, 0.4) is 0 Å². The van der Waals surface area contributed by atoms with E-state index in [4.69, 9.17) is 0 Å². The summed E-state index contributed by atoms with van der Waals surface area (Å²) in [6.07, 6.45) is -0.408. The zero-order valence-electron chi connectivity index (χ0n) is 12.8. The third-order valence-electron chi connectivity index (χ3n) is 3.57. The van der Waals surface area contributed by atoms with Crippen LogP contribution in [0, 0.1) is 13.8 Å². The summed E-state index contributed by atoms with van der Waals surface area (Å²) < 4.78 is 0. The Kier molecular flexibility index (Phi) is 4.43. The molecule has 112 valence electrons. The van der Waals surface area contributed by atoms with E-state index < -0.39 is 6.10 Å². The molecule has 21 heavy (non-hydrogen) atoms. The minimum absolute atomic E-state index is 0.194. The van der Waals surface area contributed by atoms with Crippen LogP contribution in [-0.2, 0) is 11.2 Å². The Hall–Kier alpha value is -2.14. The van der Waals surface area contributed by atoms with Gasteiger partial charge in [0.15, 0.2) is 0 Å². The third-order valence-corrected chi connectivity index (χ3v) is 3.57. The zero-order valence-corrected chi connectivity index (χ0v) is 12.8. The zero-order chi connectivity index (χ0) is 15.6. The minimum atomic E-state index is -0.664. The lowest BCUT2D eigenvalue weighted by molar-refractivity contribution is -0.120. The number of carbonyl (C=O) groups is 1. The summed E-state index contributed by atoms with van der Waals surface area (Å²) in [4.78, 5) is 15.3. The number of aliphatic hydroxyl groups excluding tert-OH is 1. The first-order valence-electron chi connectivity index (χ1n) is 6.97. The molecule has 0 saturated heterocycles. The fraction of sp³-hybridized carbons (Fsp3) is 0.375. The number of aliphatic hydroxyl groups is 1. The molecule has 5 heteroatoms. The van der Waals surface area contributed by atoms with E-state index in [0.717, 1.165) is 27.7 Å². The predicted molar refractivity (Wildman–Crippen MR) is 84.4 cm³/mol. The molecule has 2 rings (SSSR count). The van der Waals surface area contributed by atoms with Gasteiger partial charge in [0.05, 0.1) is 18.2 Å². The molecule has 0 bridgehead atoms. The van der Waals surface area contributed by atoms with Gasteiger partial charge in [-0.25, -0.2) is 5.43 Å². The number of carbonyl (C=O) groups excluding carboxylic acids is 1. The maximum Gasteiger partial charge on any atom is 0.244 e. The molecule has 3 N–H and O–H groups in total. The highest BCUT2D eigenvalue weighted by Crippen LogP contribution is 2.23. The van der Waals surface area contributed by atoms with Crippen LogP contribution >= 0.6 is 0 Å². The van der Waals surface area contributed by atoms with Crippen LogP contribution in [0.15, 0.2) is 23.3 Å². The first-order valence-corrected chi connectivity index (χ1v) is 6.97. The molecule has 0 aliphatic heterocycles. The number of aromatic nitrogens is 1. The highest BCUT2D eigenvalue weighted by Gasteiger charge is 2.12. The number of aryl methyl sites for hydroxylation is 2. The van der Waals surface area contributed by atoms with Crippen LogP contribution in [0.5, 0.6) is 0 Å². The molecule has 1 heterocycles. The van der Waals surface area contributed by atoms with E-state index in [-0.39, 0.29) is 12.3 Å². The maximum atomic E-state index is 12.0. The van der Waals surface area contributed by atoms with Crippen molar-refractivity contribution in [2.45, 2.75) is 40.2 Å². The Morgan fingerprint density at radius 2 is 2.14 bits per heavy atom. The highest BCUT2D eigenvalue weighted by molar-refractivity contribution is 5.91. The van der Waals surface area contributed by atoms with E-state index in [1.807, 2.05) is 26.0 Å². The molecule has 0 aliphatic carbocycles. The second-order valence-corrected chi connectivity index (χ2v) is 5.42. The first kappa shape index (κ1) is 15.3. The van der Waals surface area contributed by atoms with Crippen molar-refractivity contribution in [3.63, 3.8) is 0 Å². The van der Waals surface area contributed by atoms with Crippen LogP contribution in [-0.4, -0.2) is 27.8 Å². The fourth-order valence-corrected chi connectivity index (χ4v) is 2.17. The van der Waals surface area contributed by atoms with Crippen molar-refractivity contribution in [2.24, 2.45) is 5.10 Å². The van der Waals surface area contributed by atoms with E-state index in [9.17, 15) is 9.90 Å². The molecule has 0 fully saturated rings. The summed E-state index contributed by atoms with van der Waals surface area (Å²) in [5.41, 5.74) is 7.13. The van der Waals surface area contributed by atoms with Gasteiger partial charge in [-0.15, -0.1) is 0 Å². The maximum absolute atomic E-state index is 12.0. The van der Waals surface area contributed by atoms with Crippen molar-refractivity contribution in [1.82, 2.24) is 10.4 Å². The van der Waals surface area contributed by atoms with Gasteiger partial charge in [0.25, 0.3) is 0 Å². The Bertz CT molecular complexity index is 699. The standard InChI is InChI=1S/C16H21N3O2/c1-9-5-6-15-14(7-9)13(11(3)17-15)8-16(21)19-18-10(2)12(4)20/h5-7,12,17,20H,8H2,1-4H3,(H,19,21)/b18-10-/t12-/m1/s1. The molecule has 2 aromatic rings. The van der Waals surface area contributed by atoms with Crippen molar-refractivity contribution in [2.75, 3.05) is 0 Å². The number of H-pyrrole nitrogens is 1. The molecular weight excluding hydrogens is 266 g/mol. The van der Waals surface area contributed by atoms with Crippen LogP contribution in [0.2, 0.25) is 0 Å². The number of fused-ring (bicyclic) bond motifs is 1. The number of benzene rings is 1. The number of aromatic amines is 1. The van der Waals surface area contributed by atoms with Crippen LogP contribution in [0.25, 0.3) is 10.9 Å². The first-order chi connectivity index (χ1) is 9.88. The summed E-state index contributed by atoms with van der Waals surface area (Å²) in [6.45, 7) is 7.27. The van der Waals surface area contributed by atoms with Gasteiger partial charge >= 0.3 is 0 Å². The fourth-order valence-electron chi connectivity index (χ4n) is 2.17. The van der Waals surface area contributed by atoms with Crippen LogP contribution in [0.1, 0.15) is 30.7 Å². The van der Waals surface area contributed by atoms with E-state index in [1.54, 1.807) is 13.8 Å². The van der Waals surface area contributed by atoms with Gasteiger partial charge in [0.2, 0.25) is 5.91 Å². The van der Waals surface area contributed by atoms with E-state index in [0.29, 0.717) is 5.71 Å². The molecule has 0 saturated carbocycles. The largest absolute Gasteiger partial charge is 0.387 e. The molecule has 1 amide bonds. The number of nitrogens with zero attached hydrogens (tertiary/aromatic N) is 1. The van der Waals surface area contributed by atoms with Crippen molar-refractivity contribution in [3.8, 4) is 0 Å². The summed E-state index contributed by atoms with van der Waals surface area (Å²) in [5.74, 6) is -0.194. The minimum Gasteiger partial charge on any atom is -0.387 e. The normalized spacial score (nSPS) is 13.5. The lowest BCUT2D eigenvalue weighted by Crippen LogP contribution is -2.24. The Balaban J connectivity index is 2.20. The molecule has 0 unspecified atom stereocenters. The topological polar surface area (TPSA) is 77.5 Å². The third kappa shape index (κ3) is 3.49. The molecular formula is C16H21N3O2. The second kappa shape index (κ2) is 6.10. The van der Waals surface area contributed by atoms with Crippen molar-refractivity contribution < 1.29 is 9.90 Å². The van der Waals surface area contributed by atoms with E-state index in [2.05, 4.69) is 21.6 Å². The molecule has 0 spiro atoms. The van der Waals surface area contributed by atoms with Gasteiger partial charge < -0.3 is 10.1 Å². The van der Waals surface area contributed by atoms with E-state index in [1.165, 1.54) is 0 Å². The summed E-state index contributed by atoms with van der Waals surface area (Å²) in [7, 11) is 0. The lowest BCUT2D eigenvalue weighted by Gasteiger charge is -2.05. The molecule has 0 aliphatic rings. The lowest BCUT2D eigenvalue weighted by atomic mass is 10.1. The van der Waals surface area contributed by atoms with Gasteiger partial charge in [-0.2, -0.15) is 5.10 Å². The SMILES string of the molecule is C/C(=N/NC(=O)Cc1c(C)[nH]c2ccc(C)cc12)[C@@H](C)O. The Morgan fingerprint density at radius 1 is 1.43 bits per heavy atom. The van der Waals surface area contributed by atoms with E-state index >= 15 is 0 Å². The number of amides is 1. The van der Waals surface area contributed by atoms with Gasteiger partial charge in [-0.1, -0.05) is 11.6 Å². The smallest absolute Gasteiger partial charge is 0.244 e. The second-order valence-electron chi connectivity index (χ2n) is 5.42. The average molecular weight is 287 g/mol. The van der Waals surface area contributed by atoms with Crippen molar-refractivity contribution in [1.29, 1.82) is 0 Å². The van der Waals surface area contributed by atoms with Gasteiger partial charge in [-0.3, -0.25) is 4.79 Å². The number of hydrogen-bond donors (Lipinski definition) is 3. The number of nitrogens with one attached hydrogen (secondary N) is 2. The van der Waals surface area contributed by atoms with Gasteiger partial charge in [0, 0.05) is 16.6 Å². The number of hydrogen-bond acceptors (Lipinski definition) is 3. The summed E-state index contributed by atoms with van der Waals surface area (Å²) in [6, 6.07) is 6.14. The van der Waals surface area contributed by atoms with Crippen molar-refractivity contribution >= 4 is 22.5 Å². The molecule has 1 atom stereocenters. The Morgan fingerprint density at radius 3 is 2.81 bits per heavy atom. The molecule has 5 nitrogen and oxygen atoms in total. The van der Waals surface area contributed by atoms with Gasteiger partial charge in [0.1, 0.15) is 0 Å². The Labute approximate surface area is 124 Å². The predicted octanol–water partition coefficient (Wildman–Crippen LogP) is 2.20. The average Bonchev–Trinajstić information content (AvgIpc) is 2.72. The summed E-state index contributed by atoms with van der Waals surface area (Å²) in [5, 5.41) is 14.3. The number of rotatable bonds is 4. The van der Waals surface area contributed by atoms with Crippen LogP contribution < -0.4 is 5.43 Å². The highest BCUT2D eigenvalue weighted by atomic mass is 16.3. The number of hydrazone groups is 1.